The Hall–Kier alpha value is -1.06. The predicted molar refractivity (Wildman–Crippen MR) is 68.2 cm³/mol. The molecule has 2 rings (SSSR count). The van der Waals surface area contributed by atoms with Gasteiger partial charge in [-0.15, -0.1) is 0 Å². The van der Waals surface area contributed by atoms with Gasteiger partial charge in [-0.2, -0.15) is 0 Å². The zero-order valence-electron chi connectivity index (χ0n) is 10.4. The van der Waals surface area contributed by atoms with Crippen LogP contribution in [-0.2, 0) is 0 Å². The van der Waals surface area contributed by atoms with E-state index in [-0.39, 0.29) is 6.10 Å². The number of fused-ring (bicyclic) bond motifs is 1. The standard InChI is InChI=1S/C14H21NO2/c1-2-5-11(16)10-15-13-8-9-17-14-7-4-3-6-12(13)14/h3-4,6-7,11,13,15-16H,2,5,8-10H2,1H3. The maximum absolute atomic E-state index is 9.73. The average molecular weight is 235 g/mol. The lowest BCUT2D eigenvalue weighted by molar-refractivity contribution is 0.150. The van der Waals surface area contributed by atoms with Gasteiger partial charge in [-0.05, 0) is 12.5 Å². The van der Waals surface area contributed by atoms with E-state index in [4.69, 9.17) is 4.74 Å². The van der Waals surface area contributed by atoms with Crippen LogP contribution in [0.25, 0.3) is 0 Å². The quantitative estimate of drug-likeness (QED) is 0.822. The molecule has 1 aliphatic heterocycles. The highest BCUT2D eigenvalue weighted by atomic mass is 16.5. The molecule has 0 spiro atoms. The topological polar surface area (TPSA) is 41.5 Å². The summed E-state index contributed by atoms with van der Waals surface area (Å²) in [6, 6.07) is 8.44. The molecular weight excluding hydrogens is 214 g/mol. The summed E-state index contributed by atoms with van der Waals surface area (Å²) in [7, 11) is 0. The zero-order chi connectivity index (χ0) is 12.1. The molecule has 2 atom stereocenters. The minimum Gasteiger partial charge on any atom is -0.493 e. The highest BCUT2D eigenvalue weighted by Gasteiger charge is 2.20. The van der Waals surface area contributed by atoms with E-state index in [1.165, 1.54) is 5.56 Å². The Morgan fingerprint density at radius 3 is 3.12 bits per heavy atom. The number of nitrogens with one attached hydrogen (secondary N) is 1. The lowest BCUT2D eigenvalue weighted by Gasteiger charge is -2.27. The Morgan fingerprint density at radius 1 is 1.47 bits per heavy atom. The van der Waals surface area contributed by atoms with Crippen molar-refractivity contribution in [2.24, 2.45) is 0 Å². The highest BCUT2D eigenvalue weighted by Crippen LogP contribution is 2.31. The van der Waals surface area contributed by atoms with Gasteiger partial charge in [0.15, 0.2) is 0 Å². The van der Waals surface area contributed by atoms with Crippen LogP contribution in [0.4, 0.5) is 0 Å². The molecule has 0 amide bonds. The van der Waals surface area contributed by atoms with Crippen LogP contribution in [0.3, 0.4) is 0 Å². The number of hydrogen-bond donors (Lipinski definition) is 2. The Kier molecular flexibility index (Phi) is 4.40. The van der Waals surface area contributed by atoms with E-state index in [1.807, 2.05) is 18.2 Å². The van der Waals surface area contributed by atoms with Crippen molar-refractivity contribution in [2.45, 2.75) is 38.3 Å². The molecule has 3 nitrogen and oxygen atoms in total. The molecule has 0 saturated heterocycles. The molecule has 1 aromatic carbocycles. The van der Waals surface area contributed by atoms with Crippen LogP contribution in [0, 0.1) is 0 Å². The second-order valence-electron chi connectivity index (χ2n) is 4.58. The number of aliphatic hydroxyl groups excluding tert-OH is 1. The van der Waals surface area contributed by atoms with Crippen molar-refractivity contribution in [1.82, 2.24) is 5.32 Å². The first-order chi connectivity index (χ1) is 8.31. The van der Waals surface area contributed by atoms with E-state index in [2.05, 4.69) is 18.3 Å². The van der Waals surface area contributed by atoms with Crippen LogP contribution in [0.2, 0.25) is 0 Å². The molecule has 0 aliphatic carbocycles. The number of aliphatic hydroxyl groups is 1. The van der Waals surface area contributed by atoms with Gasteiger partial charge in [-0.3, -0.25) is 0 Å². The number of ether oxygens (including phenoxy) is 1. The van der Waals surface area contributed by atoms with E-state index in [1.54, 1.807) is 0 Å². The molecular formula is C14H21NO2. The van der Waals surface area contributed by atoms with Crippen molar-refractivity contribution in [3.8, 4) is 5.75 Å². The van der Waals surface area contributed by atoms with E-state index in [9.17, 15) is 5.11 Å². The third-order valence-electron chi connectivity index (χ3n) is 3.18. The van der Waals surface area contributed by atoms with Gasteiger partial charge in [-0.1, -0.05) is 31.5 Å². The van der Waals surface area contributed by atoms with Crippen LogP contribution in [0.15, 0.2) is 24.3 Å². The molecule has 3 heteroatoms. The Labute approximate surface area is 103 Å². The fourth-order valence-corrected chi connectivity index (χ4v) is 2.27. The second-order valence-corrected chi connectivity index (χ2v) is 4.58. The van der Waals surface area contributed by atoms with E-state index < -0.39 is 0 Å². The minimum absolute atomic E-state index is 0.241. The molecule has 2 unspecified atom stereocenters. The Morgan fingerprint density at radius 2 is 2.29 bits per heavy atom. The maximum Gasteiger partial charge on any atom is 0.124 e. The van der Waals surface area contributed by atoms with Crippen molar-refractivity contribution in [3.05, 3.63) is 29.8 Å². The summed E-state index contributed by atoms with van der Waals surface area (Å²) >= 11 is 0. The fraction of sp³-hybridized carbons (Fsp3) is 0.571. The third kappa shape index (κ3) is 3.20. The molecule has 94 valence electrons. The third-order valence-corrected chi connectivity index (χ3v) is 3.18. The maximum atomic E-state index is 9.73. The molecule has 0 fully saturated rings. The van der Waals surface area contributed by atoms with Gasteiger partial charge >= 0.3 is 0 Å². The van der Waals surface area contributed by atoms with Crippen LogP contribution in [0.5, 0.6) is 5.75 Å². The lowest BCUT2D eigenvalue weighted by Crippen LogP contribution is -2.33. The van der Waals surface area contributed by atoms with Crippen LogP contribution in [-0.4, -0.2) is 24.4 Å². The molecule has 2 N–H and O–H groups in total. The van der Waals surface area contributed by atoms with Gasteiger partial charge in [0.2, 0.25) is 0 Å². The summed E-state index contributed by atoms with van der Waals surface area (Å²) in [5, 5.41) is 13.2. The lowest BCUT2D eigenvalue weighted by atomic mass is 10.0. The van der Waals surface area contributed by atoms with Crippen molar-refractivity contribution in [2.75, 3.05) is 13.2 Å². The molecule has 0 radical (unpaired) electrons. The van der Waals surface area contributed by atoms with Gasteiger partial charge in [0.05, 0.1) is 12.7 Å². The second kappa shape index (κ2) is 6.03. The summed E-state index contributed by atoms with van der Waals surface area (Å²) in [5.41, 5.74) is 1.21. The summed E-state index contributed by atoms with van der Waals surface area (Å²) in [4.78, 5) is 0. The van der Waals surface area contributed by atoms with Crippen LogP contribution < -0.4 is 10.1 Å². The molecule has 1 aromatic rings. The number of rotatable bonds is 5. The normalized spacial score (nSPS) is 20.5. The van der Waals surface area contributed by atoms with Gasteiger partial charge in [-0.25, -0.2) is 0 Å². The van der Waals surface area contributed by atoms with E-state index in [0.29, 0.717) is 12.6 Å². The monoisotopic (exact) mass is 235 g/mol. The molecule has 0 bridgehead atoms. The first kappa shape index (κ1) is 12.4. The predicted octanol–water partition coefficient (Wildman–Crippen LogP) is 2.26. The summed E-state index contributed by atoms with van der Waals surface area (Å²) in [5.74, 6) is 0.973. The van der Waals surface area contributed by atoms with E-state index in [0.717, 1.165) is 31.6 Å². The van der Waals surface area contributed by atoms with Gasteiger partial charge in [0, 0.05) is 24.6 Å². The average Bonchev–Trinajstić information content (AvgIpc) is 2.36. The van der Waals surface area contributed by atoms with Gasteiger partial charge in [0.25, 0.3) is 0 Å². The minimum atomic E-state index is -0.241. The summed E-state index contributed by atoms with van der Waals surface area (Å²) < 4.78 is 5.61. The van der Waals surface area contributed by atoms with Gasteiger partial charge in [0.1, 0.15) is 5.75 Å². The molecule has 1 heterocycles. The summed E-state index contributed by atoms with van der Waals surface area (Å²) in [6.45, 7) is 3.50. The van der Waals surface area contributed by atoms with Crippen molar-refractivity contribution < 1.29 is 9.84 Å². The van der Waals surface area contributed by atoms with E-state index >= 15 is 0 Å². The Bertz CT molecular complexity index is 354. The first-order valence-corrected chi connectivity index (χ1v) is 6.44. The number of para-hydroxylation sites is 1. The number of hydrogen-bond acceptors (Lipinski definition) is 3. The molecule has 1 aliphatic rings. The van der Waals surface area contributed by atoms with Crippen LogP contribution >= 0.6 is 0 Å². The SMILES string of the molecule is CCCC(O)CNC1CCOc2ccccc21. The van der Waals surface area contributed by atoms with Crippen molar-refractivity contribution in [1.29, 1.82) is 0 Å². The van der Waals surface area contributed by atoms with Crippen molar-refractivity contribution >= 4 is 0 Å². The molecule has 0 saturated carbocycles. The fourth-order valence-electron chi connectivity index (χ4n) is 2.27. The van der Waals surface area contributed by atoms with Crippen LogP contribution in [0.1, 0.15) is 37.8 Å². The smallest absolute Gasteiger partial charge is 0.124 e. The molecule has 17 heavy (non-hydrogen) atoms. The summed E-state index contributed by atoms with van der Waals surface area (Å²) in [6.07, 6.45) is 2.61. The first-order valence-electron chi connectivity index (χ1n) is 6.44. The zero-order valence-corrected chi connectivity index (χ0v) is 10.4. The van der Waals surface area contributed by atoms with Gasteiger partial charge < -0.3 is 15.2 Å². The van der Waals surface area contributed by atoms with Crippen molar-refractivity contribution in [3.63, 3.8) is 0 Å². The largest absolute Gasteiger partial charge is 0.493 e. The Balaban J connectivity index is 1.94. The number of benzene rings is 1. The highest BCUT2D eigenvalue weighted by molar-refractivity contribution is 5.37. The molecule has 0 aromatic heterocycles.